The van der Waals surface area contributed by atoms with Crippen molar-refractivity contribution in [1.82, 2.24) is 4.90 Å². The molecule has 0 radical (unpaired) electrons. The van der Waals surface area contributed by atoms with Crippen LogP contribution >= 0.6 is 0 Å². The van der Waals surface area contributed by atoms with E-state index in [4.69, 9.17) is 5.73 Å². The molecule has 1 rings (SSSR count). The van der Waals surface area contributed by atoms with E-state index in [0.29, 0.717) is 0 Å². The molecule has 0 saturated carbocycles. The fourth-order valence-electron chi connectivity index (χ4n) is 2.20. The van der Waals surface area contributed by atoms with Gasteiger partial charge in [0.1, 0.15) is 0 Å². The molecule has 1 heterocycles. The van der Waals surface area contributed by atoms with Crippen LogP contribution < -0.4 is 5.73 Å². The van der Waals surface area contributed by atoms with E-state index in [1.54, 1.807) is 0 Å². The third kappa shape index (κ3) is 3.28. The SMILES string of the molecule is CC[C@H]1CC[C@@H](C)N(CCCN)C1. The van der Waals surface area contributed by atoms with Gasteiger partial charge in [-0.05, 0) is 45.2 Å². The largest absolute Gasteiger partial charge is 0.330 e. The molecule has 0 aromatic carbocycles. The standard InChI is InChI=1S/C11H24N2/c1-3-11-6-5-10(2)13(9-11)8-4-7-12/h10-11H,3-9,12H2,1-2H3/t10-,11+/m1/s1. The third-order valence-corrected chi connectivity index (χ3v) is 3.34. The Morgan fingerprint density at radius 3 is 2.77 bits per heavy atom. The molecule has 2 N–H and O–H groups in total. The number of piperidine rings is 1. The van der Waals surface area contributed by atoms with Crippen LogP contribution in [-0.2, 0) is 0 Å². The molecule has 0 unspecified atom stereocenters. The Kier molecular flexibility index (Phi) is 4.74. The Balaban J connectivity index is 2.31. The Morgan fingerprint density at radius 1 is 1.38 bits per heavy atom. The maximum Gasteiger partial charge on any atom is 0.00671 e. The van der Waals surface area contributed by atoms with Crippen LogP contribution in [0.15, 0.2) is 0 Å². The number of hydrogen-bond donors (Lipinski definition) is 1. The fraction of sp³-hybridized carbons (Fsp3) is 1.00. The molecule has 1 aliphatic heterocycles. The third-order valence-electron chi connectivity index (χ3n) is 3.34. The van der Waals surface area contributed by atoms with Crippen molar-refractivity contribution in [3.05, 3.63) is 0 Å². The average molecular weight is 184 g/mol. The van der Waals surface area contributed by atoms with Gasteiger partial charge in [-0.1, -0.05) is 13.3 Å². The number of hydrogen-bond acceptors (Lipinski definition) is 2. The number of rotatable bonds is 4. The van der Waals surface area contributed by atoms with Gasteiger partial charge in [0, 0.05) is 12.6 Å². The molecule has 2 nitrogen and oxygen atoms in total. The summed E-state index contributed by atoms with van der Waals surface area (Å²) in [6.07, 6.45) is 5.30. The molecule has 0 bridgehead atoms. The van der Waals surface area contributed by atoms with E-state index >= 15 is 0 Å². The van der Waals surface area contributed by atoms with Gasteiger partial charge in [-0.25, -0.2) is 0 Å². The van der Waals surface area contributed by atoms with Gasteiger partial charge < -0.3 is 10.6 Å². The highest BCUT2D eigenvalue weighted by Gasteiger charge is 2.23. The van der Waals surface area contributed by atoms with Crippen molar-refractivity contribution in [3.8, 4) is 0 Å². The normalized spacial score (nSPS) is 30.7. The molecule has 0 amide bonds. The van der Waals surface area contributed by atoms with Crippen LogP contribution in [0.2, 0.25) is 0 Å². The lowest BCUT2D eigenvalue weighted by molar-refractivity contribution is 0.115. The molecule has 2 heteroatoms. The van der Waals surface area contributed by atoms with Gasteiger partial charge >= 0.3 is 0 Å². The van der Waals surface area contributed by atoms with Crippen molar-refractivity contribution in [2.75, 3.05) is 19.6 Å². The van der Waals surface area contributed by atoms with Crippen molar-refractivity contribution in [2.45, 2.75) is 45.6 Å². The summed E-state index contributed by atoms with van der Waals surface area (Å²) in [5.74, 6) is 0.939. The molecule has 1 aliphatic rings. The van der Waals surface area contributed by atoms with E-state index in [-0.39, 0.29) is 0 Å². The van der Waals surface area contributed by atoms with Crippen LogP contribution in [-0.4, -0.2) is 30.6 Å². The molecule has 0 aromatic rings. The van der Waals surface area contributed by atoms with Gasteiger partial charge in [0.2, 0.25) is 0 Å². The zero-order valence-electron chi connectivity index (χ0n) is 9.13. The van der Waals surface area contributed by atoms with Crippen molar-refractivity contribution < 1.29 is 0 Å². The summed E-state index contributed by atoms with van der Waals surface area (Å²) in [5.41, 5.74) is 5.53. The lowest BCUT2D eigenvalue weighted by Gasteiger charge is -2.37. The predicted molar refractivity (Wildman–Crippen MR) is 57.7 cm³/mol. The Labute approximate surface area is 82.5 Å². The summed E-state index contributed by atoms with van der Waals surface area (Å²) >= 11 is 0. The van der Waals surface area contributed by atoms with Gasteiger partial charge in [0.05, 0.1) is 0 Å². The summed E-state index contributed by atoms with van der Waals surface area (Å²) in [6.45, 7) is 8.00. The van der Waals surface area contributed by atoms with Gasteiger partial charge in [0.15, 0.2) is 0 Å². The van der Waals surface area contributed by atoms with E-state index in [0.717, 1.165) is 24.9 Å². The molecular formula is C11H24N2. The van der Waals surface area contributed by atoms with E-state index in [9.17, 15) is 0 Å². The maximum atomic E-state index is 5.53. The van der Waals surface area contributed by atoms with Crippen LogP contribution in [0.25, 0.3) is 0 Å². The summed E-state index contributed by atoms with van der Waals surface area (Å²) in [7, 11) is 0. The summed E-state index contributed by atoms with van der Waals surface area (Å²) in [6, 6.07) is 0.786. The van der Waals surface area contributed by atoms with Crippen LogP contribution in [0, 0.1) is 5.92 Å². The molecule has 13 heavy (non-hydrogen) atoms. The highest BCUT2D eigenvalue weighted by atomic mass is 15.2. The molecule has 78 valence electrons. The van der Waals surface area contributed by atoms with E-state index < -0.39 is 0 Å². The first kappa shape index (κ1) is 11.0. The molecule has 0 aliphatic carbocycles. The van der Waals surface area contributed by atoms with Crippen molar-refractivity contribution >= 4 is 0 Å². The molecule has 0 spiro atoms. The molecule has 2 atom stereocenters. The fourth-order valence-corrected chi connectivity index (χ4v) is 2.20. The Morgan fingerprint density at radius 2 is 2.15 bits per heavy atom. The number of nitrogens with zero attached hydrogens (tertiary/aromatic N) is 1. The second kappa shape index (κ2) is 5.61. The lowest BCUT2D eigenvalue weighted by Crippen LogP contribution is -2.42. The topological polar surface area (TPSA) is 29.3 Å². The number of nitrogens with two attached hydrogens (primary N) is 1. The molecule has 1 saturated heterocycles. The van der Waals surface area contributed by atoms with Gasteiger partial charge in [-0.15, -0.1) is 0 Å². The second-order valence-corrected chi connectivity index (χ2v) is 4.34. The van der Waals surface area contributed by atoms with E-state index in [1.807, 2.05) is 0 Å². The Hall–Kier alpha value is -0.0800. The molecule has 0 aromatic heterocycles. The van der Waals surface area contributed by atoms with Crippen molar-refractivity contribution in [3.63, 3.8) is 0 Å². The minimum absolute atomic E-state index is 0.786. The molecule has 1 fully saturated rings. The van der Waals surface area contributed by atoms with Gasteiger partial charge in [-0.2, -0.15) is 0 Å². The zero-order chi connectivity index (χ0) is 9.68. The quantitative estimate of drug-likeness (QED) is 0.722. The van der Waals surface area contributed by atoms with Gasteiger partial charge in [0.25, 0.3) is 0 Å². The minimum atomic E-state index is 0.786. The first-order valence-corrected chi connectivity index (χ1v) is 5.72. The summed E-state index contributed by atoms with van der Waals surface area (Å²) in [4.78, 5) is 2.62. The predicted octanol–water partition coefficient (Wildman–Crippen LogP) is 1.85. The summed E-state index contributed by atoms with van der Waals surface area (Å²) in [5, 5.41) is 0. The maximum absolute atomic E-state index is 5.53. The lowest BCUT2D eigenvalue weighted by atomic mass is 9.91. The average Bonchev–Trinajstić information content (AvgIpc) is 2.17. The minimum Gasteiger partial charge on any atom is -0.330 e. The van der Waals surface area contributed by atoms with Gasteiger partial charge in [-0.3, -0.25) is 0 Å². The van der Waals surface area contributed by atoms with Crippen molar-refractivity contribution in [2.24, 2.45) is 11.7 Å². The van der Waals surface area contributed by atoms with Crippen LogP contribution in [0.5, 0.6) is 0 Å². The van der Waals surface area contributed by atoms with Crippen LogP contribution in [0.3, 0.4) is 0 Å². The van der Waals surface area contributed by atoms with E-state index in [1.165, 1.54) is 32.4 Å². The van der Waals surface area contributed by atoms with Crippen LogP contribution in [0.4, 0.5) is 0 Å². The van der Waals surface area contributed by atoms with Crippen LogP contribution in [0.1, 0.15) is 39.5 Å². The Bertz CT molecular complexity index is 136. The van der Waals surface area contributed by atoms with E-state index in [2.05, 4.69) is 18.7 Å². The zero-order valence-corrected chi connectivity index (χ0v) is 9.13. The second-order valence-electron chi connectivity index (χ2n) is 4.34. The first-order valence-electron chi connectivity index (χ1n) is 5.72. The van der Waals surface area contributed by atoms with Crippen molar-refractivity contribution in [1.29, 1.82) is 0 Å². The highest BCUT2D eigenvalue weighted by molar-refractivity contribution is 4.78. The highest BCUT2D eigenvalue weighted by Crippen LogP contribution is 2.23. The number of likely N-dealkylation sites (tertiary alicyclic amines) is 1. The smallest absolute Gasteiger partial charge is 0.00671 e. The molecular weight excluding hydrogens is 160 g/mol. The monoisotopic (exact) mass is 184 g/mol. The first-order chi connectivity index (χ1) is 6.27. The summed E-state index contributed by atoms with van der Waals surface area (Å²) < 4.78 is 0.